The van der Waals surface area contributed by atoms with Crippen molar-refractivity contribution in [2.24, 2.45) is 0 Å². The fourth-order valence-electron chi connectivity index (χ4n) is 10.1. The zero-order valence-corrected chi connectivity index (χ0v) is 39.8. The van der Waals surface area contributed by atoms with Crippen molar-refractivity contribution in [1.82, 2.24) is 0 Å². The Morgan fingerprint density at radius 2 is 0.408 bits per heavy atom. The lowest BCUT2D eigenvalue weighted by atomic mass is 10.0. The normalized spacial score (nSPS) is 11.2. The summed E-state index contributed by atoms with van der Waals surface area (Å²) in [6.07, 6.45) is 0. The molecular formula is C68H51N3. The Morgan fingerprint density at radius 3 is 0.662 bits per heavy atom. The lowest BCUT2D eigenvalue weighted by molar-refractivity contribution is 1.28. The summed E-state index contributed by atoms with van der Waals surface area (Å²) in [6, 6.07) is 99.1. The molecule has 338 valence electrons. The van der Waals surface area contributed by atoms with Gasteiger partial charge in [0.1, 0.15) is 0 Å². The van der Waals surface area contributed by atoms with Gasteiger partial charge in [-0.3, -0.25) is 0 Å². The first kappa shape index (κ1) is 43.1. The second-order valence-electron chi connectivity index (χ2n) is 18.4. The second kappa shape index (κ2) is 18.7. The molecule has 3 heteroatoms. The zero-order valence-electron chi connectivity index (χ0n) is 39.8. The zero-order chi connectivity index (χ0) is 47.7. The Kier molecular flexibility index (Phi) is 11.4. The fraction of sp³-hybridized carbons (Fsp3) is 0.0294. The molecule has 71 heavy (non-hydrogen) atoms. The van der Waals surface area contributed by atoms with Crippen molar-refractivity contribution in [3.05, 3.63) is 284 Å². The molecule has 0 heterocycles. The average molecular weight is 910 g/mol. The minimum absolute atomic E-state index is 1.09. The van der Waals surface area contributed by atoms with Crippen molar-refractivity contribution in [2.75, 3.05) is 14.7 Å². The summed E-state index contributed by atoms with van der Waals surface area (Å²) in [5.41, 5.74) is 17.2. The topological polar surface area (TPSA) is 9.72 Å². The van der Waals surface area contributed by atoms with Crippen LogP contribution in [0.15, 0.2) is 273 Å². The van der Waals surface area contributed by atoms with Crippen molar-refractivity contribution in [3.63, 3.8) is 0 Å². The molecule has 0 aliphatic heterocycles. The molecule has 0 N–H and O–H groups in total. The van der Waals surface area contributed by atoms with Gasteiger partial charge in [-0.05, 0) is 143 Å². The van der Waals surface area contributed by atoms with Gasteiger partial charge in [-0.1, -0.05) is 193 Å². The van der Waals surface area contributed by atoms with Crippen LogP contribution in [0.1, 0.15) is 11.1 Å². The Bertz CT molecular complexity index is 3570. The highest BCUT2D eigenvalue weighted by atomic mass is 15.2. The molecule has 0 atom stereocenters. The highest BCUT2D eigenvalue weighted by molar-refractivity contribution is 6.01. The Labute approximate surface area is 416 Å². The molecule has 0 bridgehead atoms. The molecule has 0 saturated heterocycles. The van der Waals surface area contributed by atoms with Crippen molar-refractivity contribution >= 4 is 83.5 Å². The van der Waals surface area contributed by atoms with E-state index in [2.05, 4.69) is 302 Å². The summed E-state index contributed by atoms with van der Waals surface area (Å²) < 4.78 is 0. The van der Waals surface area contributed by atoms with Crippen LogP contribution in [-0.2, 0) is 0 Å². The highest BCUT2D eigenvalue weighted by Gasteiger charge is 2.19. The maximum Gasteiger partial charge on any atom is 0.0540 e. The standard InChI is InChI=1S/C68H51N3/c1-48-24-36-57(37-25-48)69(66-21-9-15-54-12-3-6-18-63(54)66)59-40-28-50(29-41-59)52-32-44-61(45-33-52)71(68-23-11-17-56-14-5-8-20-65(56)68)62-46-34-53(35-47-62)51-30-42-60(43-31-51)70(58-38-26-49(2)27-39-58)67-22-10-16-55-13-4-7-19-64(55)67/h3-47H,1-2H3. The summed E-state index contributed by atoms with van der Waals surface area (Å²) in [7, 11) is 0. The van der Waals surface area contributed by atoms with E-state index in [4.69, 9.17) is 0 Å². The van der Waals surface area contributed by atoms with Crippen molar-refractivity contribution < 1.29 is 0 Å². The van der Waals surface area contributed by atoms with Crippen LogP contribution < -0.4 is 14.7 Å². The van der Waals surface area contributed by atoms with Gasteiger partial charge < -0.3 is 14.7 Å². The highest BCUT2D eigenvalue weighted by Crippen LogP contribution is 2.44. The molecule has 0 unspecified atom stereocenters. The molecule has 0 spiro atoms. The molecule has 0 aliphatic rings. The van der Waals surface area contributed by atoms with Gasteiger partial charge in [-0.15, -0.1) is 0 Å². The summed E-state index contributed by atoms with van der Waals surface area (Å²) in [6.45, 7) is 4.27. The molecule has 12 aromatic carbocycles. The molecule has 0 aliphatic carbocycles. The van der Waals surface area contributed by atoms with Crippen LogP contribution in [0.2, 0.25) is 0 Å². The van der Waals surface area contributed by atoms with Gasteiger partial charge in [0.2, 0.25) is 0 Å². The number of fused-ring (bicyclic) bond motifs is 3. The molecule has 0 amide bonds. The van der Waals surface area contributed by atoms with Gasteiger partial charge in [-0.2, -0.15) is 0 Å². The molecular weight excluding hydrogens is 859 g/mol. The van der Waals surface area contributed by atoms with E-state index in [1.54, 1.807) is 0 Å². The van der Waals surface area contributed by atoms with E-state index in [-0.39, 0.29) is 0 Å². The molecule has 12 aromatic rings. The number of hydrogen-bond acceptors (Lipinski definition) is 3. The maximum atomic E-state index is 2.38. The van der Waals surface area contributed by atoms with Crippen LogP contribution in [0.5, 0.6) is 0 Å². The van der Waals surface area contributed by atoms with Crippen LogP contribution in [0.4, 0.5) is 51.2 Å². The van der Waals surface area contributed by atoms with E-state index >= 15 is 0 Å². The molecule has 0 aromatic heterocycles. The van der Waals surface area contributed by atoms with Gasteiger partial charge in [0.15, 0.2) is 0 Å². The average Bonchev–Trinajstić information content (AvgIpc) is 3.43. The van der Waals surface area contributed by atoms with Crippen molar-refractivity contribution in [2.45, 2.75) is 13.8 Å². The number of nitrogens with zero attached hydrogens (tertiary/aromatic N) is 3. The van der Waals surface area contributed by atoms with Crippen LogP contribution >= 0.6 is 0 Å². The first-order chi connectivity index (χ1) is 35.0. The third-order valence-corrected chi connectivity index (χ3v) is 13.8. The lowest BCUT2D eigenvalue weighted by Gasteiger charge is -2.28. The third-order valence-electron chi connectivity index (χ3n) is 13.8. The van der Waals surface area contributed by atoms with Crippen LogP contribution in [0.3, 0.4) is 0 Å². The first-order valence-corrected chi connectivity index (χ1v) is 24.4. The monoisotopic (exact) mass is 909 g/mol. The molecule has 3 nitrogen and oxygen atoms in total. The smallest absolute Gasteiger partial charge is 0.0540 e. The summed E-state index contributed by atoms with van der Waals surface area (Å²) >= 11 is 0. The van der Waals surface area contributed by atoms with Crippen LogP contribution in [0.25, 0.3) is 54.6 Å². The Morgan fingerprint density at radius 1 is 0.197 bits per heavy atom. The quantitative estimate of drug-likeness (QED) is 0.128. The fourth-order valence-corrected chi connectivity index (χ4v) is 10.1. The minimum Gasteiger partial charge on any atom is -0.310 e. The molecule has 0 radical (unpaired) electrons. The molecule has 0 fully saturated rings. The van der Waals surface area contributed by atoms with Gasteiger partial charge in [0, 0.05) is 50.3 Å². The summed E-state index contributed by atoms with van der Waals surface area (Å²) in [5.74, 6) is 0. The van der Waals surface area contributed by atoms with Gasteiger partial charge >= 0.3 is 0 Å². The molecule has 0 saturated carbocycles. The van der Waals surface area contributed by atoms with E-state index < -0.39 is 0 Å². The predicted octanol–water partition coefficient (Wildman–Crippen LogP) is 19.5. The number of rotatable bonds is 11. The Hall–Kier alpha value is -9.18. The number of benzene rings is 12. The van der Waals surface area contributed by atoms with E-state index in [0.29, 0.717) is 0 Å². The van der Waals surface area contributed by atoms with E-state index in [1.165, 1.54) is 43.4 Å². The van der Waals surface area contributed by atoms with Crippen LogP contribution in [0, 0.1) is 13.8 Å². The van der Waals surface area contributed by atoms with Gasteiger partial charge in [0.25, 0.3) is 0 Å². The third kappa shape index (κ3) is 8.45. The maximum absolute atomic E-state index is 2.38. The minimum atomic E-state index is 1.09. The number of hydrogen-bond donors (Lipinski definition) is 0. The first-order valence-electron chi connectivity index (χ1n) is 24.4. The second-order valence-corrected chi connectivity index (χ2v) is 18.4. The SMILES string of the molecule is Cc1ccc(N(c2ccc(-c3ccc(N(c4ccc(-c5ccc(N(c6ccc(C)cc6)c6cccc7ccccc67)cc5)cc4)c4cccc5ccccc45)cc3)cc2)c2cccc3ccccc23)cc1. The summed E-state index contributed by atoms with van der Waals surface area (Å²) in [5, 5.41) is 7.27. The Balaban J connectivity index is 0.864. The van der Waals surface area contributed by atoms with E-state index in [9.17, 15) is 0 Å². The van der Waals surface area contributed by atoms with E-state index in [0.717, 1.165) is 73.4 Å². The predicted molar refractivity (Wildman–Crippen MR) is 303 cm³/mol. The number of anilines is 9. The van der Waals surface area contributed by atoms with Crippen LogP contribution in [-0.4, -0.2) is 0 Å². The largest absolute Gasteiger partial charge is 0.310 e. The van der Waals surface area contributed by atoms with E-state index in [1.807, 2.05) is 0 Å². The molecule has 12 rings (SSSR count). The number of aryl methyl sites for hydroxylation is 2. The lowest BCUT2D eigenvalue weighted by Crippen LogP contribution is -2.11. The van der Waals surface area contributed by atoms with Crippen molar-refractivity contribution in [1.29, 1.82) is 0 Å². The van der Waals surface area contributed by atoms with Crippen molar-refractivity contribution in [3.8, 4) is 22.3 Å². The van der Waals surface area contributed by atoms with Gasteiger partial charge in [-0.25, -0.2) is 0 Å². The van der Waals surface area contributed by atoms with Gasteiger partial charge in [0.05, 0.1) is 17.1 Å². The summed E-state index contributed by atoms with van der Waals surface area (Å²) in [4.78, 5) is 7.12.